The van der Waals surface area contributed by atoms with Gasteiger partial charge in [-0.1, -0.05) is 12.1 Å². The number of benzene rings is 2. The van der Waals surface area contributed by atoms with Crippen molar-refractivity contribution in [3.05, 3.63) is 59.9 Å². The van der Waals surface area contributed by atoms with Gasteiger partial charge >= 0.3 is 0 Å². The van der Waals surface area contributed by atoms with Gasteiger partial charge in [0.15, 0.2) is 5.37 Å². The maximum atomic E-state index is 13.0. The molecular formula is C18H21FN4O4S. The molecule has 0 aromatic heterocycles. The van der Waals surface area contributed by atoms with Crippen molar-refractivity contribution in [2.45, 2.75) is 11.9 Å². The highest BCUT2D eigenvalue weighted by Gasteiger charge is 2.41. The molecule has 0 aliphatic carbocycles. The first-order valence-electron chi connectivity index (χ1n) is 8.55. The summed E-state index contributed by atoms with van der Waals surface area (Å²) in [6, 6.07) is 12.1. The van der Waals surface area contributed by atoms with E-state index in [-0.39, 0.29) is 18.9 Å². The van der Waals surface area contributed by atoms with Crippen LogP contribution in [0.4, 0.5) is 10.1 Å². The predicted octanol–water partition coefficient (Wildman–Crippen LogP) is 0.943. The van der Waals surface area contributed by atoms with Gasteiger partial charge in [0.05, 0.1) is 13.0 Å². The Morgan fingerprint density at radius 2 is 1.86 bits per heavy atom. The van der Waals surface area contributed by atoms with E-state index in [0.717, 1.165) is 0 Å². The number of ether oxygens (including phenoxy) is 1. The molecule has 2 unspecified atom stereocenters. The summed E-state index contributed by atoms with van der Waals surface area (Å²) in [7, 11) is -2.37. The second-order valence-electron chi connectivity index (χ2n) is 6.27. The number of hydrogen-bond donors (Lipinski definition) is 4. The summed E-state index contributed by atoms with van der Waals surface area (Å²) in [4.78, 5) is 12.5. The maximum absolute atomic E-state index is 13.0. The van der Waals surface area contributed by atoms with E-state index in [2.05, 4.69) is 20.9 Å². The summed E-state index contributed by atoms with van der Waals surface area (Å²) in [5.41, 5.74) is 6.43. The molecule has 1 heterocycles. The number of hydrogen-bond acceptors (Lipinski definition) is 6. The second kappa shape index (κ2) is 8.55. The molecule has 10 heteroatoms. The number of methoxy groups -OCH3 is 1. The molecule has 28 heavy (non-hydrogen) atoms. The van der Waals surface area contributed by atoms with Crippen LogP contribution in [0.15, 0.2) is 48.5 Å². The van der Waals surface area contributed by atoms with Gasteiger partial charge < -0.3 is 10.1 Å². The lowest BCUT2D eigenvalue weighted by atomic mass is 10.1. The molecule has 4 N–H and O–H groups in total. The van der Waals surface area contributed by atoms with Crippen LogP contribution in [-0.4, -0.2) is 33.4 Å². The van der Waals surface area contributed by atoms with Crippen molar-refractivity contribution in [2.75, 3.05) is 18.4 Å². The van der Waals surface area contributed by atoms with Crippen molar-refractivity contribution in [2.24, 2.45) is 5.92 Å². The topological polar surface area (TPSA) is 109 Å². The molecule has 0 spiro atoms. The van der Waals surface area contributed by atoms with Crippen LogP contribution in [-0.2, 0) is 21.4 Å². The molecule has 2 aromatic carbocycles. The summed E-state index contributed by atoms with van der Waals surface area (Å²) in [5, 5.41) is 1.54. The molecule has 8 nitrogen and oxygen atoms in total. The van der Waals surface area contributed by atoms with E-state index in [1.54, 1.807) is 36.4 Å². The Bertz CT molecular complexity index is 920. The third kappa shape index (κ3) is 4.77. The molecule has 1 amide bonds. The third-order valence-corrected chi connectivity index (χ3v) is 5.97. The lowest BCUT2D eigenvalue weighted by molar-refractivity contribution is -0.124. The van der Waals surface area contributed by atoms with Gasteiger partial charge in [0.25, 0.3) is 10.0 Å². The fraction of sp³-hybridized carbons (Fsp3) is 0.278. The van der Waals surface area contributed by atoms with Gasteiger partial charge in [0.2, 0.25) is 5.91 Å². The van der Waals surface area contributed by atoms with Gasteiger partial charge in [-0.2, -0.15) is 0 Å². The van der Waals surface area contributed by atoms with Crippen molar-refractivity contribution in [3.8, 4) is 5.75 Å². The molecule has 1 aliphatic heterocycles. The van der Waals surface area contributed by atoms with Gasteiger partial charge in [-0.3, -0.25) is 14.9 Å². The minimum absolute atomic E-state index is 0.156. The zero-order valence-corrected chi connectivity index (χ0v) is 15.9. The molecule has 1 aliphatic rings. The first-order chi connectivity index (χ1) is 13.4. The van der Waals surface area contributed by atoms with Gasteiger partial charge in [-0.05, 0) is 42.0 Å². The highest BCUT2D eigenvalue weighted by molar-refractivity contribution is 7.93. The van der Waals surface area contributed by atoms with Crippen LogP contribution in [0, 0.1) is 11.7 Å². The highest BCUT2D eigenvalue weighted by Crippen LogP contribution is 2.20. The summed E-state index contributed by atoms with van der Waals surface area (Å²) < 4.78 is 45.9. The molecule has 0 bridgehead atoms. The second-order valence-corrected chi connectivity index (χ2v) is 8.07. The van der Waals surface area contributed by atoms with Crippen LogP contribution in [0.5, 0.6) is 5.75 Å². The Kier molecular flexibility index (Phi) is 6.12. The Morgan fingerprint density at radius 3 is 2.50 bits per heavy atom. The monoisotopic (exact) mass is 408 g/mol. The summed E-state index contributed by atoms with van der Waals surface area (Å²) in [5.74, 6) is -1.03. The average molecular weight is 408 g/mol. The van der Waals surface area contributed by atoms with Crippen LogP contribution < -0.4 is 25.6 Å². The van der Waals surface area contributed by atoms with Crippen LogP contribution in [0.1, 0.15) is 5.56 Å². The van der Waals surface area contributed by atoms with Gasteiger partial charge in [0, 0.05) is 18.8 Å². The number of nitrogens with one attached hydrogen (secondary N) is 4. The van der Waals surface area contributed by atoms with Gasteiger partial charge in [-0.15, -0.1) is 0 Å². The predicted molar refractivity (Wildman–Crippen MR) is 102 cm³/mol. The zero-order chi connectivity index (χ0) is 20.1. The summed E-state index contributed by atoms with van der Waals surface area (Å²) in [6.45, 7) is 0.331. The van der Waals surface area contributed by atoms with Crippen LogP contribution >= 0.6 is 0 Å². The summed E-state index contributed by atoms with van der Waals surface area (Å²) >= 11 is 0. The Hall–Kier alpha value is -2.69. The molecule has 1 fully saturated rings. The van der Waals surface area contributed by atoms with Crippen molar-refractivity contribution in [1.82, 2.24) is 16.2 Å². The quantitative estimate of drug-likeness (QED) is 0.543. The number of carbonyl (C=O) groups excluding carboxylic acids is 1. The number of carbonyl (C=O) groups is 1. The normalized spacial score (nSPS) is 19.2. The van der Waals surface area contributed by atoms with E-state index >= 15 is 0 Å². The van der Waals surface area contributed by atoms with E-state index in [1.165, 1.54) is 19.2 Å². The van der Waals surface area contributed by atoms with Gasteiger partial charge in [-0.25, -0.2) is 18.2 Å². The Labute approximate surface area is 162 Å². The highest BCUT2D eigenvalue weighted by atomic mass is 32.2. The number of amides is 1. The number of rotatable bonds is 7. The minimum Gasteiger partial charge on any atom is -0.497 e. The van der Waals surface area contributed by atoms with Gasteiger partial charge in [0.1, 0.15) is 11.6 Å². The third-order valence-electron chi connectivity index (χ3n) is 4.33. The Morgan fingerprint density at radius 1 is 1.18 bits per heavy atom. The molecule has 2 aromatic rings. The number of sulfonamides is 1. The van der Waals surface area contributed by atoms with Crippen LogP contribution in [0.3, 0.4) is 0 Å². The number of hydrazine groups is 1. The molecule has 0 saturated carbocycles. The standard InChI is InChI=1S/C18H21FN4O4S/c1-27-15-8-6-14(7-9-15)23-28(25,26)18-16(11-21-22-18)17(24)20-10-12-2-4-13(19)5-3-12/h2-9,16,18,21-23H,10-11H2,1H3,(H,20,24). The average Bonchev–Trinajstić information content (AvgIpc) is 3.19. The van der Waals surface area contributed by atoms with Crippen molar-refractivity contribution in [3.63, 3.8) is 0 Å². The van der Waals surface area contributed by atoms with E-state index in [4.69, 9.17) is 4.74 Å². The summed E-state index contributed by atoms with van der Waals surface area (Å²) in [6.07, 6.45) is 0. The molecule has 150 valence electrons. The smallest absolute Gasteiger partial charge is 0.250 e. The van der Waals surface area contributed by atoms with Crippen molar-refractivity contribution in [1.29, 1.82) is 0 Å². The lowest BCUT2D eigenvalue weighted by Gasteiger charge is -2.19. The maximum Gasteiger partial charge on any atom is 0.250 e. The van der Waals surface area contributed by atoms with Crippen molar-refractivity contribution < 1.29 is 22.3 Å². The molecule has 1 saturated heterocycles. The van der Waals surface area contributed by atoms with E-state index in [1.807, 2.05) is 0 Å². The number of halogens is 1. The zero-order valence-electron chi connectivity index (χ0n) is 15.1. The first-order valence-corrected chi connectivity index (χ1v) is 10.1. The van der Waals surface area contributed by atoms with E-state index < -0.39 is 27.2 Å². The molecule has 2 atom stereocenters. The first kappa shape index (κ1) is 20.1. The van der Waals surface area contributed by atoms with Crippen LogP contribution in [0.25, 0.3) is 0 Å². The number of anilines is 1. The fourth-order valence-corrected chi connectivity index (χ4v) is 4.29. The van der Waals surface area contributed by atoms with Crippen LogP contribution in [0.2, 0.25) is 0 Å². The van der Waals surface area contributed by atoms with Crippen molar-refractivity contribution >= 4 is 21.6 Å². The Balaban J connectivity index is 1.64. The molecule has 3 rings (SSSR count). The van der Waals surface area contributed by atoms with E-state index in [9.17, 15) is 17.6 Å². The fourth-order valence-electron chi connectivity index (χ4n) is 2.81. The lowest BCUT2D eigenvalue weighted by Crippen LogP contribution is -2.46. The molecular weight excluding hydrogens is 387 g/mol. The molecule has 0 radical (unpaired) electrons. The van der Waals surface area contributed by atoms with E-state index in [0.29, 0.717) is 17.0 Å². The SMILES string of the molecule is COc1ccc(NS(=O)(=O)C2NNCC2C(=O)NCc2ccc(F)cc2)cc1. The minimum atomic E-state index is -3.89. The largest absolute Gasteiger partial charge is 0.497 e.